The third-order valence-corrected chi connectivity index (χ3v) is 8.45. The Morgan fingerprint density at radius 2 is 1.89 bits per heavy atom. The summed E-state index contributed by atoms with van der Waals surface area (Å²) in [7, 11) is 2.10. The fraction of sp³-hybridized carbons (Fsp3) is 0.464. The summed E-state index contributed by atoms with van der Waals surface area (Å²) in [5.41, 5.74) is 1.98. The summed E-state index contributed by atoms with van der Waals surface area (Å²) < 4.78 is 24.0. The second-order valence-electron chi connectivity index (χ2n) is 11.0. The average molecular weight is 518 g/mol. The largest absolute Gasteiger partial charge is 0.492 e. The maximum absolute atomic E-state index is 16.4. The number of hydrogen-bond donors (Lipinski definition) is 2. The molecular weight excluding hydrogens is 485 g/mol. The Balaban J connectivity index is 1.36. The Morgan fingerprint density at radius 3 is 2.66 bits per heavy atom. The van der Waals surface area contributed by atoms with Gasteiger partial charge in [-0.2, -0.15) is 9.97 Å². The number of nitrogens with one attached hydrogen (secondary N) is 1. The molecule has 5 heterocycles. The topological polar surface area (TPSA) is 91.6 Å². The fourth-order valence-corrected chi connectivity index (χ4v) is 6.41. The molecule has 3 atom stereocenters. The van der Waals surface area contributed by atoms with Crippen LogP contribution in [0.15, 0.2) is 30.3 Å². The van der Waals surface area contributed by atoms with Crippen LogP contribution in [-0.4, -0.2) is 81.2 Å². The zero-order chi connectivity index (χ0) is 26.0. The molecule has 0 radical (unpaired) electrons. The van der Waals surface area contributed by atoms with Gasteiger partial charge in [0.05, 0.1) is 10.9 Å². The van der Waals surface area contributed by atoms with Gasteiger partial charge in [0.15, 0.2) is 5.82 Å². The monoisotopic (exact) mass is 517 g/mol. The number of aromatic nitrogens is 4. The second-order valence-corrected chi connectivity index (χ2v) is 11.0. The highest BCUT2D eigenvalue weighted by Gasteiger charge is 2.34. The van der Waals surface area contributed by atoms with Crippen LogP contribution in [0.1, 0.15) is 31.2 Å². The third kappa shape index (κ3) is 3.85. The van der Waals surface area contributed by atoms with E-state index in [1.807, 2.05) is 25.1 Å². The Kier molecular flexibility index (Phi) is 5.63. The number of para-hydroxylation sites is 1. The number of nitrogens with zero attached hydrogens (tertiary/aromatic N) is 6. The average Bonchev–Trinajstić information content (AvgIpc) is 3.59. The number of ether oxygens (including phenoxy) is 1. The van der Waals surface area contributed by atoms with Crippen LogP contribution in [0.5, 0.6) is 11.9 Å². The molecule has 0 unspecified atom stereocenters. The van der Waals surface area contributed by atoms with E-state index in [-0.39, 0.29) is 23.1 Å². The lowest BCUT2D eigenvalue weighted by Crippen LogP contribution is -2.51. The number of aryl methyl sites for hydroxylation is 1. The van der Waals surface area contributed by atoms with Gasteiger partial charge in [-0.1, -0.05) is 12.1 Å². The minimum absolute atomic E-state index is 0.132. The Labute approximate surface area is 220 Å². The minimum atomic E-state index is -0.514. The van der Waals surface area contributed by atoms with E-state index in [1.165, 1.54) is 4.68 Å². The molecule has 3 saturated heterocycles. The van der Waals surface area contributed by atoms with E-state index in [2.05, 4.69) is 32.2 Å². The van der Waals surface area contributed by atoms with Gasteiger partial charge in [-0.15, -0.1) is 5.10 Å². The Bertz CT molecular complexity index is 1530. The molecule has 2 aromatic carbocycles. The van der Waals surface area contributed by atoms with Crippen LogP contribution in [0.2, 0.25) is 0 Å². The number of likely N-dealkylation sites (tertiary alicyclic amines) is 1. The number of piperazine rings is 1. The Hall–Kier alpha value is -3.50. The summed E-state index contributed by atoms with van der Waals surface area (Å²) in [6, 6.07) is 10.4. The molecule has 3 aliphatic heterocycles. The van der Waals surface area contributed by atoms with Gasteiger partial charge in [0.25, 0.3) is 0 Å². The molecule has 3 aliphatic rings. The molecule has 0 amide bonds. The molecule has 0 spiro atoms. The number of rotatable bonds is 5. The molecular formula is C28H32FN7O2. The van der Waals surface area contributed by atoms with Crippen LogP contribution in [0, 0.1) is 12.7 Å². The van der Waals surface area contributed by atoms with Crippen LogP contribution < -0.4 is 15.0 Å². The van der Waals surface area contributed by atoms with Crippen molar-refractivity contribution >= 4 is 27.6 Å². The predicted octanol–water partition coefficient (Wildman–Crippen LogP) is 3.54. The van der Waals surface area contributed by atoms with E-state index >= 15 is 4.39 Å². The third-order valence-electron chi connectivity index (χ3n) is 8.45. The normalized spacial score (nSPS) is 23.7. The van der Waals surface area contributed by atoms with Crippen LogP contribution >= 0.6 is 0 Å². The number of anilines is 1. The van der Waals surface area contributed by atoms with E-state index in [9.17, 15) is 5.11 Å². The molecule has 4 aromatic rings. The van der Waals surface area contributed by atoms with Crippen molar-refractivity contribution in [3.63, 3.8) is 0 Å². The van der Waals surface area contributed by atoms with E-state index in [4.69, 9.17) is 9.72 Å². The van der Waals surface area contributed by atoms with Crippen molar-refractivity contribution < 1.29 is 14.2 Å². The van der Waals surface area contributed by atoms with E-state index < -0.39 is 5.82 Å². The van der Waals surface area contributed by atoms with Crippen molar-refractivity contribution in [3.05, 3.63) is 41.7 Å². The molecule has 10 heteroatoms. The van der Waals surface area contributed by atoms with Gasteiger partial charge in [0.2, 0.25) is 5.88 Å². The van der Waals surface area contributed by atoms with E-state index in [0.717, 1.165) is 50.9 Å². The summed E-state index contributed by atoms with van der Waals surface area (Å²) in [5.74, 6) is 0.0605. The molecule has 7 rings (SSSR count). The molecule has 3 fully saturated rings. The molecule has 2 bridgehead atoms. The first-order chi connectivity index (χ1) is 18.5. The van der Waals surface area contributed by atoms with Crippen LogP contribution in [0.25, 0.3) is 27.5 Å². The summed E-state index contributed by atoms with van der Waals surface area (Å²) in [6.07, 6.45) is 4.47. The number of hydrogen-bond acceptors (Lipinski definition) is 8. The van der Waals surface area contributed by atoms with Gasteiger partial charge < -0.3 is 25.0 Å². The number of benzene rings is 2. The lowest BCUT2D eigenvalue weighted by atomic mass is 10.1. The van der Waals surface area contributed by atoms with Gasteiger partial charge in [-0.25, -0.2) is 9.07 Å². The summed E-state index contributed by atoms with van der Waals surface area (Å²) in [4.78, 5) is 14.0. The van der Waals surface area contributed by atoms with Crippen molar-refractivity contribution in [1.82, 2.24) is 30.0 Å². The molecule has 2 aromatic heterocycles. The lowest BCUT2D eigenvalue weighted by Gasteiger charge is -2.34. The predicted molar refractivity (Wildman–Crippen MR) is 144 cm³/mol. The van der Waals surface area contributed by atoms with Crippen LogP contribution in [0.4, 0.5) is 10.2 Å². The van der Waals surface area contributed by atoms with Crippen molar-refractivity contribution in [2.45, 2.75) is 50.7 Å². The highest BCUT2D eigenvalue weighted by atomic mass is 19.1. The second kappa shape index (κ2) is 9.06. The fourth-order valence-electron chi connectivity index (χ4n) is 6.41. The molecule has 2 N–H and O–H groups in total. The molecule has 0 saturated carbocycles. The Morgan fingerprint density at radius 1 is 1.08 bits per heavy atom. The van der Waals surface area contributed by atoms with Gasteiger partial charge in [0.1, 0.15) is 23.6 Å². The summed E-state index contributed by atoms with van der Waals surface area (Å²) >= 11 is 0. The standard InChI is InChI=1S/C28H32FN7O2/c1-16-5-3-7-21-25(16)36(33-27(21)37)22-11-10-20-24(23(22)29)31-28(38-15-19-6-4-12-34(19)2)32-26(20)35-13-17-8-9-18(14-35)30-17/h3,5,7,10-11,17-19,30H,4,6,8-9,12-15H2,1-2H3,(H,33,37)/t17-,18+,19-/m0/s1. The van der Waals surface area contributed by atoms with E-state index in [1.54, 1.807) is 12.1 Å². The number of likely N-dealkylation sites (N-methyl/N-ethyl adjacent to an activating group) is 1. The van der Waals surface area contributed by atoms with Crippen molar-refractivity contribution in [3.8, 4) is 17.6 Å². The summed E-state index contributed by atoms with van der Waals surface area (Å²) in [6.45, 7) is 5.06. The maximum atomic E-state index is 16.4. The van der Waals surface area contributed by atoms with E-state index in [0.29, 0.717) is 46.8 Å². The van der Waals surface area contributed by atoms with Crippen LogP contribution in [-0.2, 0) is 0 Å². The van der Waals surface area contributed by atoms with Gasteiger partial charge in [-0.05, 0) is 70.0 Å². The molecule has 38 heavy (non-hydrogen) atoms. The van der Waals surface area contributed by atoms with Gasteiger partial charge >= 0.3 is 6.01 Å². The lowest BCUT2D eigenvalue weighted by molar-refractivity contribution is 0.188. The minimum Gasteiger partial charge on any atom is -0.492 e. The first-order valence-electron chi connectivity index (χ1n) is 13.5. The molecule has 198 valence electrons. The molecule has 0 aliphatic carbocycles. The zero-order valence-electron chi connectivity index (χ0n) is 21.7. The van der Waals surface area contributed by atoms with Gasteiger partial charge in [0, 0.05) is 36.6 Å². The first kappa shape index (κ1) is 23.6. The highest BCUT2D eigenvalue weighted by molar-refractivity contribution is 5.93. The first-order valence-corrected chi connectivity index (χ1v) is 13.5. The molecule has 9 nitrogen and oxygen atoms in total. The number of halogens is 1. The maximum Gasteiger partial charge on any atom is 0.319 e. The summed E-state index contributed by atoms with van der Waals surface area (Å²) in [5, 5.41) is 19.6. The number of fused-ring (bicyclic) bond motifs is 4. The van der Waals surface area contributed by atoms with Gasteiger partial charge in [-0.3, -0.25) is 0 Å². The quantitative estimate of drug-likeness (QED) is 0.416. The highest BCUT2D eigenvalue weighted by Crippen LogP contribution is 2.36. The van der Waals surface area contributed by atoms with Crippen LogP contribution in [0.3, 0.4) is 0 Å². The SMILES string of the molecule is Cc1cccc2c(O)nn(-c3ccc4c(N5C[C@H]6CC[C@@H](C5)N6)nc(OC[C@@H]5CCCN5C)nc4c3F)c12. The zero-order valence-corrected chi connectivity index (χ0v) is 21.7. The van der Waals surface area contributed by atoms with Crippen molar-refractivity contribution in [2.24, 2.45) is 0 Å². The van der Waals surface area contributed by atoms with Crippen molar-refractivity contribution in [1.29, 1.82) is 0 Å². The van der Waals surface area contributed by atoms with Crippen molar-refractivity contribution in [2.75, 3.05) is 38.2 Å². The smallest absolute Gasteiger partial charge is 0.319 e. The number of aromatic hydroxyl groups is 1.